The molecule has 0 unspecified atom stereocenters. The van der Waals surface area contributed by atoms with Crippen molar-refractivity contribution < 1.29 is 37.3 Å². The van der Waals surface area contributed by atoms with Gasteiger partial charge in [0.25, 0.3) is 0 Å². The van der Waals surface area contributed by atoms with Crippen LogP contribution in [0.25, 0.3) is 10.8 Å². The third-order valence-electron chi connectivity index (χ3n) is 6.23. The SMILES string of the molecule is CCC(CC)Oc1ccc2cc(Oc3ccc(CC(=O)Nc4cc(C(F)(F)F)ccc4C(=O)O)cn3)ccc2c1. The summed E-state index contributed by atoms with van der Waals surface area (Å²) in [5.74, 6) is -0.507. The van der Waals surface area contributed by atoms with Gasteiger partial charge in [0.2, 0.25) is 11.8 Å². The zero-order chi connectivity index (χ0) is 28.9. The summed E-state index contributed by atoms with van der Waals surface area (Å²) in [6.07, 6.45) is -1.49. The summed E-state index contributed by atoms with van der Waals surface area (Å²) < 4.78 is 51.0. The molecule has 0 saturated heterocycles. The minimum absolute atomic E-state index is 0.169. The summed E-state index contributed by atoms with van der Waals surface area (Å²) in [5, 5.41) is 13.5. The van der Waals surface area contributed by atoms with Crippen molar-refractivity contribution in [1.29, 1.82) is 0 Å². The van der Waals surface area contributed by atoms with Crippen LogP contribution >= 0.6 is 0 Å². The van der Waals surface area contributed by atoms with E-state index < -0.39 is 34.9 Å². The van der Waals surface area contributed by atoms with Crippen molar-refractivity contribution in [2.45, 2.75) is 45.4 Å². The van der Waals surface area contributed by atoms with Gasteiger partial charge in [-0.15, -0.1) is 0 Å². The van der Waals surface area contributed by atoms with Crippen LogP contribution in [0, 0.1) is 0 Å². The number of hydrogen-bond donors (Lipinski definition) is 2. The van der Waals surface area contributed by atoms with E-state index in [1.165, 1.54) is 6.20 Å². The standard InChI is InChI=1S/C30H27F3N2O5/c1-3-22(4-2)39-23-9-6-20-15-24(10-7-19(20)14-23)40-28-12-5-18(17-34-28)13-27(36)35-26-16-21(30(31,32)33)8-11-25(26)29(37)38/h5-12,14-17,22H,3-4,13H2,1-2H3,(H,35,36)(H,37,38). The van der Waals surface area contributed by atoms with Gasteiger partial charge in [-0.05, 0) is 71.6 Å². The van der Waals surface area contributed by atoms with E-state index in [2.05, 4.69) is 24.1 Å². The Bertz CT molecular complexity index is 1520. The van der Waals surface area contributed by atoms with Crippen molar-refractivity contribution in [3.8, 4) is 17.4 Å². The highest BCUT2D eigenvalue weighted by atomic mass is 19.4. The van der Waals surface area contributed by atoms with Crippen molar-refractivity contribution >= 4 is 28.3 Å². The number of carbonyl (C=O) groups is 2. The van der Waals surface area contributed by atoms with Gasteiger partial charge in [-0.25, -0.2) is 9.78 Å². The number of aromatic carboxylic acids is 1. The molecule has 0 spiro atoms. The maximum Gasteiger partial charge on any atom is 0.416 e. The highest BCUT2D eigenvalue weighted by Crippen LogP contribution is 2.32. The average molecular weight is 553 g/mol. The number of pyridine rings is 1. The van der Waals surface area contributed by atoms with Gasteiger partial charge in [0.05, 0.1) is 29.3 Å². The maximum atomic E-state index is 13.1. The molecule has 0 atom stereocenters. The van der Waals surface area contributed by atoms with Gasteiger partial charge in [0.1, 0.15) is 11.5 Å². The Labute approximate surface area is 228 Å². The molecule has 4 aromatic rings. The van der Waals surface area contributed by atoms with Crippen LogP contribution in [0.3, 0.4) is 0 Å². The van der Waals surface area contributed by atoms with Gasteiger partial charge in [0, 0.05) is 12.3 Å². The van der Waals surface area contributed by atoms with Gasteiger partial charge in [-0.1, -0.05) is 32.0 Å². The molecule has 3 aromatic carbocycles. The van der Waals surface area contributed by atoms with Crippen LogP contribution < -0.4 is 14.8 Å². The fraction of sp³-hybridized carbons (Fsp3) is 0.233. The molecule has 208 valence electrons. The predicted octanol–water partition coefficient (Wildman–Crippen LogP) is 7.49. The van der Waals surface area contributed by atoms with E-state index in [-0.39, 0.29) is 18.4 Å². The number of carboxylic acid groups (broad SMARTS) is 1. The van der Waals surface area contributed by atoms with Crippen LogP contribution in [0.1, 0.15) is 48.2 Å². The number of amides is 1. The Morgan fingerprint density at radius 3 is 2.20 bits per heavy atom. The van der Waals surface area contributed by atoms with Gasteiger partial charge in [0.15, 0.2) is 0 Å². The van der Waals surface area contributed by atoms with Crippen LogP contribution in [0.5, 0.6) is 17.4 Å². The van der Waals surface area contributed by atoms with Crippen molar-refractivity contribution in [2.75, 3.05) is 5.32 Å². The van der Waals surface area contributed by atoms with Crippen molar-refractivity contribution in [3.05, 3.63) is 89.6 Å². The lowest BCUT2D eigenvalue weighted by Gasteiger charge is -2.16. The molecule has 1 aromatic heterocycles. The molecule has 10 heteroatoms. The molecule has 7 nitrogen and oxygen atoms in total. The van der Waals surface area contributed by atoms with E-state index in [4.69, 9.17) is 9.47 Å². The number of halogens is 3. The van der Waals surface area contributed by atoms with E-state index >= 15 is 0 Å². The van der Waals surface area contributed by atoms with E-state index in [1.54, 1.807) is 18.2 Å². The monoisotopic (exact) mass is 552 g/mol. The number of carbonyl (C=O) groups excluding carboxylic acids is 1. The van der Waals surface area contributed by atoms with Crippen LogP contribution in [0.4, 0.5) is 18.9 Å². The zero-order valence-electron chi connectivity index (χ0n) is 21.8. The molecule has 2 N–H and O–H groups in total. The maximum absolute atomic E-state index is 13.1. The number of nitrogens with one attached hydrogen (secondary N) is 1. The molecule has 0 bridgehead atoms. The Kier molecular flexibility index (Phi) is 8.57. The number of carboxylic acids is 1. The van der Waals surface area contributed by atoms with Crippen molar-refractivity contribution in [1.82, 2.24) is 4.98 Å². The second-order valence-corrected chi connectivity index (χ2v) is 9.12. The lowest BCUT2D eigenvalue weighted by molar-refractivity contribution is -0.137. The smallest absolute Gasteiger partial charge is 0.416 e. The topological polar surface area (TPSA) is 97.8 Å². The van der Waals surface area contributed by atoms with Gasteiger partial charge < -0.3 is 19.9 Å². The summed E-state index contributed by atoms with van der Waals surface area (Å²) >= 11 is 0. The van der Waals surface area contributed by atoms with E-state index in [1.807, 2.05) is 30.3 Å². The Morgan fingerprint density at radius 2 is 1.60 bits per heavy atom. The molecule has 0 aliphatic heterocycles. The molecule has 0 radical (unpaired) electrons. The first-order valence-corrected chi connectivity index (χ1v) is 12.6. The fourth-order valence-electron chi connectivity index (χ4n) is 4.07. The summed E-state index contributed by atoms with van der Waals surface area (Å²) in [6.45, 7) is 4.18. The zero-order valence-corrected chi connectivity index (χ0v) is 21.8. The molecule has 0 saturated carbocycles. The number of alkyl halides is 3. The Morgan fingerprint density at radius 1 is 0.925 bits per heavy atom. The third kappa shape index (κ3) is 7.07. The normalized spacial score (nSPS) is 11.4. The largest absolute Gasteiger partial charge is 0.490 e. The number of fused-ring (bicyclic) bond motifs is 1. The van der Waals surface area contributed by atoms with Gasteiger partial charge in [-0.2, -0.15) is 13.2 Å². The summed E-state index contributed by atoms with van der Waals surface area (Å²) in [5.41, 5.74) is -1.50. The van der Waals surface area contributed by atoms with Crippen LogP contribution in [-0.4, -0.2) is 28.1 Å². The minimum atomic E-state index is -4.69. The summed E-state index contributed by atoms with van der Waals surface area (Å²) in [6, 6.07) is 16.7. The molecular formula is C30H27F3N2O5. The molecule has 0 aliphatic carbocycles. The lowest BCUT2D eigenvalue weighted by Crippen LogP contribution is -2.18. The lowest BCUT2D eigenvalue weighted by atomic mass is 10.1. The van der Waals surface area contributed by atoms with E-state index in [0.717, 1.165) is 35.4 Å². The van der Waals surface area contributed by atoms with Crippen LogP contribution in [0.15, 0.2) is 72.9 Å². The number of benzene rings is 3. The highest BCUT2D eigenvalue weighted by Gasteiger charge is 2.31. The predicted molar refractivity (Wildman–Crippen MR) is 144 cm³/mol. The number of anilines is 1. The first-order valence-electron chi connectivity index (χ1n) is 12.6. The average Bonchev–Trinajstić information content (AvgIpc) is 2.92. The first kappa shape index (κ1) is 28.4. The second-order valence-electron chi connectivity index (χ2n) is 9.12. The number of aromatic nitrogens is 1. The number of rotatable bonds is 10. The van der Waals surface area contributed by atoms with Crippen LogP contribution in [0.2, 0.25) is 0 Å². The van der Waals surface area contributed by atoms with E-state index in [0.29, 0.717) is 23.4 Å². The third-order valence-corrected chi connectivity index (χ3v) is 6.23. The quantitative estimate of drug-likeness (QED) is 0.212. The molecule has 0 aliphatic rings. The molecule has 40 heavy (non-hydrogen) atoms. The van der Waals surface area contributed by atoms with Crippen molar-refractivity contribution in [3.63, 3.8) is 0 Å². The molecule has 0 fully saturated rings. The number of ether oxygens (including phenoxy) is 2. The Balaban J connectivity index is 1.40. The Hall–Kier alpha value is -4.60. The second kappa shape index (κ2) is 12.1. The number of nitrogens with zero attached hydrogens (tertiary/aromatic N) is 1. The fourth-order valence-corrected chi connectivity index (χ4v) is 4.07. The van der Waals surface area contributed by atoms with Crippen LogP contribution in [-0.2, 0) is 17.4 Å². The number of hydrogen-bond acceptors (Lipinski definition) is 5. The molecular weight excluding hydrogens is 525 g/mol. The van der Waals surface area contributed by atoms with E-state index in [9.17, 15) is 27.9 Å². The van der Waals surface area contributed by atoms with Crippen molar-refractivity contribution in [2.24, 2.45) is 0 Å². The molecule has 1 amide bonds. The summed E-state index contributed by atoms with van der Waals surface area (Å²) in [7, 11) is 0. The van der Waals surface area contributed by atoms with Gasteiger partial charge in [-0.3, -0.25) is 4.79 Å². The molecule has 4 rings (SSSR count). The minimum Gasteiger partial charge on any atom is -0.490 e. The first-order chi connectivity index (χ1) is 19.0. The molecule has 1 heterocycles. The van der Waals surface area contributed by atoms with Gasteiger partial charge >= 0.3 is 12.1 Å². The summed E-state index contributed by atoms with van der Waals surface area (Å²) in [4.78, 5) is 28.1. The highest BCUT2D eigenvalue weighted by molar-refractivity contribution is 6.01.